The lowest BCUT2D eigenvalue weighted by atomic mass is 9.68. The predicted octanol–water partition coefficient (Wildman–Crippen LogP) is 5.89. The molecule has 0 saturated carbocycles. The van der Waals surface area contributed by atoms with E-state index >= 15 is 0 Å². The first-order valence-electron chi connectivity index (χ1n) is 15.8. The molecule has 11 nitrogen and oxygen atoms in total. The van der Waals surface area contributed by atoms with Crippen LogP contribution >= 0.6 is 0 Å². The van der Waals surface area contributed by atoms with Crippen molar-refractivity contribution in [3.05, 3.63) is 60.2 Å². The maximum absolute atomic E-state index is 12.6. The molecule has 4 heterocycles. The van der Waals surface area contributed by atoms with Gasteiger partial charge in [0.2, 0.25) is 0 Å². The number of hydrogen-bond donors (Lipinski definition) is 0. The van der Waals surface area contributed by atoms with Crippen LogP contribution in [0.2, 0.25) is 0 Å². The van der Waals surface area contributed by atoms with E-state index in [1.54, 1.807) is 22.2 Å². The van der Waals surface area contributed by atoms with Gasteiger partial charge in [0.15, 0.2) is 0 Å². The van der Waals surface area contributed by atoms with Gasteiger partial charge in [-0.1, -0.05) is 26.0 Å². The standard InChI is InChI=1S/C18H26N2O4.C17H23N3O2/c1-13-12-20(16(22)24-17(2,3)4)11-9-18(13,15(21)23-5)14-8-6-7-10-19-14;1-13-11-20(15(21)22-16(2,3)4)10-8-17(13,12-18)14-7-5-6-9-19-14/h6-8,10,13H,9,11-12H2,1-5H3;5-7,9,13H,8,10-11H2,1-4H3/t13-,18+;13-,17+/m11/s1. The number of nitriles is 1. The Labute approximate surface area is 273 Å². The lowest BCUT2D eigenvalue weighted by Crippen LogP contribution is -2.55. The molecule has 0 radical (unpaired) electrons. The SMILES string of the molecule is COC(=O)[C@@]1(c2ccccn2)CCN(C(=O)OC(C)(C)C)C[C@H]1C.C[C@@H]1CN(C(=O)OC(C)(C)C)CC[C@@]1(C#N)c1ccccn1. The molecule has 2 fully saturated rings. The maximum Gasteiger partial charge on any atom is 0.410 e. The molecule has 250 valence electrons. The monoisotopic (exact) mass is 635 g/mol. The van der Waals surface area contributed by atoms with E-state index < -0.39 is 22.0 Å². The normalized spacial score (nSPS) is 24.9. The fraction of sp³-hybridized carbons (Fsp3) is 0.600. The van der Waals surface area contributed by atoms with E-state index in [-0.39, 0.29) is 30.0 Å². The summed E-state index contributed by atoms with van der Waals surface area (Å²) in [6.07, 6.45) is 3.74. The van der Waals surface area contributed by atoms with E-state index in [9.17, 15) is 19.6 Å². The van der Waals surface area contributed by atoms with Gasteiger partial charge in [-0.15, -0.1) is 0 Å². The van der Waals surface area contributed by atoms with Crippen molar-refractivity contribution in [2.45, 2.75) is 90.3 Å². The molecule has 2 amide bonds. The summed E-state index contributed by atoms with van der Waals surface area (Å²) in [5.41, 5.74) is -1.06. The summed E-state index contributed by atoms with van der Waals surface area (Å²) >= 11 is 0. The number of aromatic nitrogens is 2. The van der Waals surface area contributed by atoms with Crippen LogP contribution in [0.1, 0.15) is 79.6 Å². The number of piperidine rings is 2. The number of methoxy groups -OCH3 is 1. The first-order chi connectivity index (χ1) is 21.5. The summed E-state index contributed by atoms with van der Waals surface area (Å²) in [4.78, 5) is 49.2. The Balaban J connectivity index is 0.000000251. The van der Waals surface area contributed by atoms with Crippen LogP contribution in [0.15, 0.2) is 48.8 Å². The van der Waals surface area contributed by atoms with Crippen molar-refractivity contribution in [2.24, 2.45) is 11.8 Å². The van der Waals surface area contributed by atoms with Crippen LogP contribution < -0.4 is 0 Å². The van der Waals surface area contributed by atoms with Crippen LogP contribution in [-0.2, 0) is 29.8 Å². The molecule has 2 aromatic heterocycles. The summed E-state index contributed by atoms with van der Waals surface area (Å²) in [6.45, 7) is 16.9. The van der Waals surface area contributed by atoms with Crippen molar-refractivity contribution in [1.29, 1.82) is 5.26 Å². The van der Waals surface area contributed by atoms with E-state index in [1.165, 1.54) is 7.11 Å². The van der Waals surface area contributed by atoms with Gasteiger partial charge in [-0.3, -0.25) is 14.8 Å². The molecular formula is C35H49N5O6. The molecule has 0 spiro atoms. The number of amides is 2. The lowest BCUT2D eigenvalue weighted by molar-refractivity contribution is -0.152. The highest BCUT2D eigenvalue weighted by Crippen LogP contribution is 2.41. The number of esters is 1. The number of nitrogens with zero attached hydrogens (tertiary/aromatic N) is 5. The van der Waals surface area contributed by atoms with Gasteiger partial charge in [0, 0.05) is 38.6 Å². The topological polar surface area (TPSA) is 135 Å². The van der Waals surface area contributed by atoms with Gasteiger partial charge >= 0.3 is 18.2 Å². The van der Waals surface area contributed by atoms with Gasteiger partial charge in [0.1, 0.15) is 22.0 Å². The molecule has 2 saturated heterocycles. The third-order valence-electron chi connectivity index (χ3n) is 8.52. The Bertz CT molecular complexity index is 1380. The number of carbonyl (C=O) groups is 3. The van der Waals surface area contributed by atoms with Crippen LogP contribution in [0.5, 0.6) is 0 Å². The van der Waals surface area contributed by atoms with E-state index in [0.717, 1.165) is 5.69 Å². The van der Waals surface area contributed by atoms with Crippen LogP contribution in [0, 0.1) is 23.2 Å². The van der Waals surface area contributed by atoms with E-state index in [1.807, 2.05) is 91.8 Å². The fourth-order valence-corrected chi connectivity index (χ4v) is 6.08. The van der Waals surface area contributed by atoms with Gasteiger partial charge in [-0.25, -0.2) is 9.59 Å². The van der Waals surface area contributed by atoms with Gasteiger partial charge in [0.05, 0.1) is 24.6 Å². The Kier molecular flexibility index (Phi) is 11.4. The number of rotatable bonds is 3. The molecule has 2 aromatic rings. The molecule has 0 aromatic carbocycles. The summed E-state index contributed by atoms with van der Waals surface area (Å²) in [5.74, 6) is -0.452. The Hall–Kier alpha value is -4.20. The minimum absolute atomic E-state index is 0.00586. The zero-order valence-electron chi connectivity index (χ0n) is 28.7. The molecule has 11 heteroatoms. The molecule has 4 atom stereocenters. The average molecular weight is 636 g/mol. The van der Waals surface area contributed by atoms with Crippen molar-refractivity contribution in [1.82, 2.24) is 19.8 Å². The summed E-state index contributed by atoms with van der Waals surface area (Å²) in [7, 11) is 1.39. The second kappa shape index (κ2) is 14.5. The molecule has 0 unspecified atom stereocenters. The smallest absolute Gasteiger partial charge is 0.410 e. The van der Waals surface area contributed by atoms with Crippen LogP contribution in [0.3, 0.4) is 0 Å². The zero-order valence-corrected chi connectivity index (χ0v) is 28.7. The van der Waals surface area contributed by atoms with Crippen LogP contribution in [-0.4, -0.2) is 82.4 Å². The number of carbonyl (C=O) groups excluding carboxylic acids is 3. The second-order valence-corrected chi connectivity index (χ2v) is 14.1. The van der Waals surface area contributed by atoms with E-state index in [4.69, 9.17) is 14.2 Å². The first kappa shape index (κ1) is 36.3. The molecule has 2 aliphatic heterocycles. The van der Waals surface area contributed by atoms with Crippen molar-refractivity contribution in [3.63, 3.8) is 0 Å². The van der Waals surface area contributed by atoms with Crippen molar-refractivity contribution < 1.29 is 28.6 Å². The molecule has 0 N–H and O–H groups in total. The first-order valence-corrected chi connectivity index (χ1v) is 15.8. The summed E-state index contributed by atoms with van der Waals surface area (Å²) in [5, 5.41) is 9.75. The summed E-state index contributed by atoms with van der Waals surface area (Å²) in [6, 6.07) is 13.6. The third kappa shape index (κ3) is 8.33. The molecule has 46 heavy (non-hydrogen) atoms. The van der Waals surface area contributed by atoms with Crippen LogP contribution in [0.4, 0.5) is 9.59 Å². The number of pyridine rings is 2. The van der Waals surface area contributed by atoms with Crippen molar-refractivity contribution >= 4 is 18.2 Å². The number of ether oxygens (including phenoxy) is 3. The third-order valence-corrected chi connectivity index (χ3v) is 8.52. The molecule has 2 aliphatic rings. The van der Waals surface area contributed by atoms with Gasteiger partial charge < -0.3 is 24.0 Å². The second-order valence-electron chi connectivity index (χ2n) is 14.1. The Morgan fingerprint density at radius 3 is 1.67 bits per heavy atom. The Morgan fingerprint density at radius 1 is 0.804 bits per heavy atom. The predicted molar refractivity (Wildman–Crippen MR) is 173 cm³/mol. The molecular weight excluding hydrogens is 586 g/mol. The molecule has 0 aliphatic carbocycles. The highest BCUT2D eigenvalue weighted by Gasteiger charge is 2.51. The Morgan fingerprint density at radius 2 is 1.28 bits per heavy atom. The molecule has 4 rings (SSSR count). The van der Waals surface area contributed by atoms with Crippen LogP contribution in [0.25, 0.3) is 0 Å². The van der Waals surface area contributed by atoms with Gasteiger partial charge in [-0.2, -0.15) is 5.26 Å². The van der Waals surface area contributed by atoms with Crippen molar-refractivity contribution in [3.8, 4) is 6.07 Å². The fourth-order valence-electron chi connectivity index (χ4n) is 6.08. The average Bonchev–Trinajstić information content (AvgIpc) is 3.00. The summed E-state index contributed by atoms with van der Waals surface area (Å²) < 4.78 is 15.9. The van der Waals surface area contributed by atoms with Gasteiger partial charge in [-0.05, 0) is 90.5 Å². The quantitative estimate of drug-likeness (QED) is 0.299. The van der Waals surface area contributed by atoms with E-state index in [0.29, 0.717) is 44.7 Å². The molecule has 0 bridgehead atoms. The number of hydrogen-bond acceptors (Lipinski definition) is 9. The highest BCUT2D eigenvalue weighted by atomic mass is 16.6. The lowest BCUT2D eigenvalue weighted by Gasteiger charge is -2.44. The largest absolute Gasteiger partial charge is 0.468 e. The van der Waals surface area contributed by atoms with Crippen molar-refractivity contribution in [2.75, 3.05) is 33.3 Å². The number of likely N-dealkylation sites (tertiary alicyclic amines) is 2. The van der Waals surface area contributed by atoms with E-state index in [2.05, 4.69) is 16.0 Å². The maximum atomic E-state index is 12.6. The highest BCUT2D eigenvalue weighted by molar-refractivity contribution is 5.83. The minimum atomic E-state index is -0.839. The zero-order chi connectivity index (χ0) is 34.3. The minimum Gasteiger partial charge on any atom is -0.468 e. The van der Waals surface area contributed by atoms with Gasteiger partial charge in [0.25, 0.3) is 0 Å².